The number of nitrogens with zero attached hydrogens (tertiary/aromatic N) is 3. The minimum atomic E-state index is -3.71. The molecule has 0 aliphatic carbocycles. The van der Waals surface area contributed by atoms with Crippen LogP contribution in [0.1, 0.15) is 59.3 Å². The quantitative estimate of drug-likeness (QED) is 0.467. The van der Waals surface area contributed by atoms with E-state index in [9.17, 15) is 17.7 Å². The first-order valence-electron chi connectivity index (χ1n) is 10.4. The maximum absolute atomic E-state index is 12.4. The minimum Gasteiger partial charge on any atom is -0.512 e. The van der Waals surface area contributed by atoms with Crippen LogP contribution in [0.2, 0.25) is 0 Å². The lowest BCUT2D eigenvalue weighted by Gasteiger charge is -2.30. The lowest BCUT2D eigenvalue weighted by Crippen LogP contribution is -2.43. The number of aliphatic hydroxyl groups is 1. The zero-order chi connectivity index (χ0) is 25.0. The Kier molecular flexibility index (Phi) is 8.66. The van der Waals surface area contributed by atoms with E-state index < -0.39 is 21.2 Å². The molecule has 0 spiro atoms. The molecule has 12 heteroatoms. The summed E-state index contributed by atoms with van der Waals surface area (Å²) in [6.07, 6.45) is 3.86. The summed E-state index contributed by atoms with van der Waals surface area (Å²) < 4.78 is 51.5. The van der Waals surface area contributed by atoms with Gasteiger partial charge in [-0.25, -0.2) is 16.9 Å². The molecule has 33 heavy (non-hydrogen) atoms. The number of hydrogen-bond acceptors (Lipinski definition) is 7. The van der Waals surface area contributed by atoms with Gasteiger partial charge in [0.15, 0.2) is 11.7 Å². The Hall–Kier alpha value is -2.44. The van der Waals surface area contributed by atoms with Crippen molar-refractivity contribution < 1.29 is 22.2 Å². The topological polar surface area (TPSA) is 137 Å². The molecule has 2 rings (SSSR count). The van der Waals surface area contributed by atoms with E-state index in [1.54, 1.807) is 25.3 Å². The SMILES string of the molecule is C/C(O)=C(\CC/C=C(\C)NC1=NS(=O)N=C1N[C@@H](c1ccco1)C(C)(C)C)S(=O)(=O)N(C)C. The molecule has 3 N–H and O–H groups in total. The Labute approximate surface area is 198 Å². The van der Waals surface area contributed by atoms with Crippen molar-refractivity contribution in [2.45, 2.75) is 53.5 Å². The van der Waals surface area contributed by atoms with Crippen LogP contribution in [0.3, 0.4) is 0 Å². The number of nitrogens with one attached hydrogen (secondary N) is 2. The Morgan fingerprint density at radius 1 is 1.27 bits per heavy atom. The van der Waals surface area contributed by atoms with E-state index in [0.717, 1.165) is 10.1 Å². The summed E-state index contributed by atoms with van der Waals surface area (Å²) in [7, 11) is -0.878. The molecule has 0 bridgehead atoms. The van der Waals surface area contributed by atoms with Crippen molar-refractivity contribution in [3.63, 3.8) is 0 Å². The molecule has 0 amide bonds. The third-order valence-corrected chi connectivity index (χ3v) is 7.63. The van der Waals surface area contributed by atoms with E-state index in [-0.39, 0.29) is 28.5 Å². The van der Waals surface area contributed by atoms with Gasteiger partial charge in [-0.3, -0.25) is 0 Å². The fraction of sp³-hybridized carbons (Fsp3) is 0.524. The van der Waals surface area contributed by atoms with E-state index in [1.807, 2.05) is 26.8 Å². The van der Waals surface area contributed by atoms with Crippen LogP contribution in [-0.4, -0.2) is 47.8 Å². The van der Waals surface area contributed by atoms with Gasteiger partial charge in [0.25, 0.3) is 11.2 Å². The van der Waals surface area contributed by atoms with Gasteiger partial charge in [-0.1, -0.05) is 26.8 Å². The highest BCUT2D eigenvalue weighted by Crippen LogP contribution is 2.33. The minimum absolute atomic E-state index is 0.0359. The summed E-state index contributed by atoms with van der Waals surface area (Å²) in [6, 6.07) is 3.42. The first-order valence-corrected chi connectivity index (χ1v) is 12.9. The van der Waals surface area contributed by atoms with Crippen molar-refractivity contribution >= 4 is 32.9 Å². The van der Waals surface area contributed by atoms with Gasteiger partial charge in [0.2, 0.25) is 10.0 Å². The van der Waals surface area contributed by atoms with Crippen LogP contribution in [0.15, 0.2) is 54.0 Å². The van der Waals surface area contributed by atoms with Crippen molar-refractivity contribution in [1.82, 2.24) is 14.9 Å². The monoisotopic (exact) mass is 499 g/mol. The van der Waals surface area contributed by atoms with Crippen LogP contribution in [0.25, 0.3) is 0 Å². The molecule has 10 nitrogen and oxygen atoms in total. The molecule has 0 radical (unpaired) electrons. The Balaban J connectivity index is 2.12. The van der Waals surface area contributed by atoms with E-state index in [2.05, 4.69) is 19.4 Å². The second kappa shape index (κ2) is 10.7. The molecule has 1 aromatic rings. The summed E-state index contributed by atoms with van der Waals surface area (Å²) in [5.74, 6) is 1.15. The molecule has 1 unspecified atom stereocenters. The van der Waals surface area contributed by atoms with Crippen molar-refractivity contribution in [1.29, 1.82) is 0 Å². The third kappa shape index (κ3) is 7.02. The van der Waals surface area contributed by atoms with Gasteiger partial charge in [0.05, 0.1) is 17.2 Å². The smallest absolute Gasteiger partial charge is 0.269 e. The highest BCUT2D eigenvalue weighted by atomic mass is 32.2. The molecule has 0 saturated heterocycles. The summed E-state index contributed by atoms with van der Waals surface area (Å²) in [4.78, 5) is -0.0359. The van der Waals surface area contributed by atoms with Crippen molar-refractivity contribution in [2.75, 3.05) is 14.1 Å². The molecule has 1 aliphatic heterocycles. The van der Waals surface area contributed by atoms with Crippen LogP contribution < -0.4 is 10.6 Å². The van der Waals surface area contributed by atoms with Gasteiger partial charge >= 0.3 is 0 Å². The summed E-state index contributed by atoms with van der Waals surface area (Å²) in [5, 5.41) is 16.2. The maximum atomic E-state index is 12.4. The normalized spacial score (nSPS) is 19.2. The summed E-state index contributed by atoms with van der Waals surface area (Å²) >= 11 is -1.76. The van der Waals surface area contributed by atoms with Crippen molar-refractivity contribution in [3.8, 4) is 0 Å². The predicted molar refractivity (Wildman–Crippen MR) is 131 cm³/mol. The second-order valence-corrected chi connectivity index (χ2v) is 11.9. The molecular formula is C21H33N5O5S2. The molecular weight excluding hydrogens is 466 g/mol. The summed E-state index contributed by atoms with van der Waals surface area (Å²) in [6.45, 7) is 9.28. The predicted octanol–water partition coefficient (Wildman–Crippen LogP) is 3.30. The van der Waals surface area contributed by atoms with Gasteiger partial charge in [0.1, 0.15) is 11.5 Å². The van der Waals surface area contributed by atoms with Gasteiger partial charge in [-0.15, -0.1) is 8.80 Å². The highest BCUT2D eigenvalue weighted by molar-refractivity contribution is 7.93. The molecule has 2 atom stereocenters. The maximum Gasteiger partial charge on any atom is 0.269 e. The number of hydrogen-bond donors (Lipinski definition) is 3. The molecule has 0 aromatic carbocycles. The molecule has 184 valence electrons. The van der Waals surface area contributed by atoms with Gasteiger partial charge < -0.3 is 20.2 Å². The first-order chi connectivity index (χ1) is 15.2. The molecule has 0 saturated carbocycles. The summed E-state index contributed by atoms with van der Waals surface area (Å²) in [5.41, 5.74) is 0.438. The Bertz CT molecular complexity index is 1090. The molecule has 1 aromatic heterocycles. The van der Waals surface area contributed by atoms with Gasteiger partial charge in [0, 0.05) is 19.8 Å². The standard InChI is InChI=1S/C21H33N5O5S2/c1-14(10-8-12-17(15(2)27)33(29,30)26(6)7)22-19-20(25-32(28)24-19)23-18(21(3,4)5)16-11-9-13-31-16/h9-11,13,18,27H,8,12H2,1-7H3,(H,22,24)(H,23,25)/b14-10+,17-15-/t18-,32?/m0/s1. The van der Waals surface area contributed by atoms with Gasteiger partial charge in [-0.2, -0.15) is 0 Å². The van der Waals surface area contributed by atoms with Crippen molar-refractivity contribution in [2.24, 2.45) is 14.2 Å². The third-order valence-electron chi connectivity index (χ3n) is 4.87. The van der Waals surface area contributed by atoms with Gasteiger partial charge in [-0.05, 0) is 44.2 Å². The number of sulfonamides is 1. The van der Waals surface area contributed by atoms with E-state index >= 15 is 0 Å². The fourth-order valence-electron chi connectivity index (χ4n) is 3.12. The van der Waals surface area contributed by atoms with Crippen LogP contribution in [0.5, 0.6) is 0 Å². The van der Waals surface area contributed by atoms with Crippen LogP contribution >= 0.6 is 0 Å². The number of amidine groups is 2. The van der Waals surface area contributed by atoms with E-state index in [0.29, 0.717) is 23.8 Å². The first kappa shape index (κ1) is 26.8. The second-order valence-electron chi connectivity index (χ2n) is 8.92. The van der Waals surface area contributed by atoms with E-state index in [4.69, 9.17) is 4.42 Å². The van der Waals surface area contributed by atoms with E-state index in [1.165, 1.54) is 21.0 Å². The number of allylic oxidation sites excluding steroid dienone is 4. The number of rotatable bonds is 8. The number of furan rings is 1. The van der Waals surface area contributed by atoms with Crippen molar-refractivity contribution in [3.05, 3.63) is 46.6 Å². The highest BCUT2D eigenvalue weighted by Gasteiger charge is 2.32. The van der Waals surface area contributed by atoms with Crippen LogP contribution in [0, 0.1) is 5.41 Å². The largest absolute Gasteiger partial charge is 0.512 e. The van der Waals surface area contributed by atoms with Crippen LogP contribution in [0.4, 0.5) is 0 Å². The zero-order valence-electron chi connectivity index (χ0n) is 20.0. The van der Waals surface area contributed by atoms with Crippen LogP contribution in [-0.2, 0) is 21.2 Å². The zero-order valence-corrected chi connectivity index (χ0v) is 21.7. The fourth-order valence-corrected chi connectivity index (χ4v) is 4.94. The number of aliphatic hydroxyl groups excluding tert-OH is 1. The molecule has 0 fully saturated rings. The average molecular weight is 500 g/mol. The Morgan fingerprint density at radius 2 is 1.91 bits per heavy atom. The molecule has 1 aliphatic rings. The lowest BCUT2D eigenvalue weighted by molar-refractivity contribution is 0.264. The lowest BCUT2D eigenvalue weighted by atomic mass is 9.85. The Morgan fingerprint density at radius 3 is 2.42 bits per heavy atom. The molecule has 2 heterocycles. The average Bonchev–Trinajstić information content (AvgIpc) is 3.31.